The van der Waals surface area contributed by atoms with Crippen LogP contribution in [-0.2, 0) is 16.0 Å². The van der Waals surface area contributed by atoms with Crippen LogP contribution in [0.3, 0.4) is 0 Å². The van der Waals surface area contributed by atoms with Gasteiger partial charge >= 0.3 is 5.97 Å². The van der Waals surface area contributed by atoms with E-state index >= 15 is 0 Å². The van der Waals surface area contributed by atoms with Gasteiger partial charge in [0.1, 0.15) is 0 Å². The van der Waals surface area contributed by atoms with Gasteiger partial charge in [-0.05, 0) is 55.2 Å². The lowest BCUT2D eigenvalue weighted by molar-refractivity contribution is -0.139. The van der Waals surface area contributed by atoms with Gasteiger partial charge in [0.15, 0.2) is 0 Å². The summed E-state index contributed by atoms with van der Waals surface area (Å²) in [5.41, 5.74) is 1.19. The second kappa shape index (κ2) is 6.52. The van der Waals surface area contributed by atoms with Crippen LogP contribution in [0.5, 0.6) is 0 Å². The van der Waals surface area contributed by atoms with Gasteiger partial charge in [0.25, 0.3) is 0 Å². The quantitative estimate of drug-likeness (QED) is 0.897. The molecule has 23 heavy (non-hydrogen) atoms. The second-order valence-corrected chi connectivity index (χ2v) is 7.25. The summed E-state index contributed by atoms with van der Waals surface area (Å²) in [4.78, 5) is 25.2. The first-order valence-electron chi connectivity index (χ1n) is 8.25. The fraction of sp³-hybridized carbons (Fsp3) is 0.556. The molecule has 0 bridgehead atoms. The van der Waals surface area contributed by atoms with E-state index in [0.717, 1.165) is 37.1 Å². The highest BCUT2D eigenvalue weighted by molar-refractivity contribution is 6.30. The maximum Gasteiger partial charge on any atom is 0.307 e. The first-order chi connectivity index (χ1) is 11.0. The van der Waals surface area contributed by atoms with Gasteiger partial charge in [0.2, 0.25) is 5.91 Å². The largest absolute Gasteiger partial charge is 0.481 e. The van der Waals surface area contributed by atoms with Crippen LogP contribution in [0.25, 0.3) is 0 Å². The van der Waals surface area contributed by atoms with Gasteiger partial charge in [-0.1, -0.05) is 23.7 Å². The molecule has 1 saturated heterocycles. The number of rotatable bonds is 5. The number of carbonyl (C=O) groups is 2. The minimum atomic E-state index is -0.673. The molecule has 1 aromatic rings. The normalized spacial score (nSPS) is 22.1. The molecule has 0 aromatic heterocycles. The van der Waals surface area contributed by atoms with Crippen LogP contribution < -0.4 is 0 Å². The summed E-state index contributed by atoms with van der Waals surface area (Å²) in [5, 5.41) is 9.83. The zero-order valence-corrected chi connectivity index (χ0v) is 13.9. The van der Waals surface area contributed by atoms with E-state index in [4.69, 9.17) is 16.7 Å². The van der Waals surface area contributed by atoms with Crippen LogP contribution in [0.15, 0.2) is 24.3 Å². The standard InChI is InChI=1S/C18H22ClNO3/c19-14-6-4-13(5-7-14)2-1-3-16(21)20-10-8-18(9-11-20)12-15(18)17(22)23/h4-7,15H,1-3,8-12H2,(H,22,23). The Balaban J connectivity index is 1.40. The highest BCUT2D eigenvalue weighted by Crippen LogP contribution is 2.59. The van der Waals surface area contributed by atoms with E-state index < -0.39 is 5.97 Å². The number of aryl methyl sites for hydroxylation is 1. The SMILES string of the molecule is O=C(O)C1CC12CCN(C(=O)CCCc1ccc(Cl)cc1)CC2. The average molecular weight is 336 g/mol. The summed E-state index contributed by atoms with van der Waals surface area (Å²) in [6.45, 7) is 1.42. The summed E-state index contributed by atoms with van der Waals surface area (Å²) < 4.78 is 0. The number of amides is 1. The molecule has 1 unspecified atom stereocenters. The van der Waals surface area contributed by atoms with E-state index in [1.54, 1.807) is 0 Å². The topological polar surface area (TPSA) is 57.6 Å². The maximum atomic E-state index is 12.3. The lowest BCUT2D eigenvalue weighted by Crippen LogP contribution is -2.39. The Morgan fingerprint density at radius 1 is 1.22 bits per heavy atom. The molecule has 2 fully saturated rings. The van der Waals surface area contributed by atoms with Crippen LogP contribution >= 0.6 is 11.6 Å². The zero-order valence-electron chi connectivity index (χ0n) is 13.1. The Morgan fingerprint density at radius 3 is 2.43 bits per heavy atom. The molecule has 4 nitrogen and oxygen atoms in total. The zero-order chi connectivity index (χ0) is 16.4. The van der Waals surface area contributed by atoms with Crippen LogP contribution in [0.1, 0.15) is 37.7 Å². The number of likely N-dealkylation sites (tertiary alicyclic amines) is 1. The Bertz CT molecular complexity index is 591. The van der Waals surface area contributed by atoms with Gasteiger partial charge in [0, 0.05) is 24.5 Å². The summed E-state index contributed by atoms with van der Waals surface area (Å²) in [6, 6.07) is 7.74. The molecular weight excluding hydrogens is 314 g/mol. The van der Waals surface area contributed by atoms with Crippen LogP contribution in [0, 0.1) is 11.3 Å². The molecule has 3 rings (SSSR count). The van der Waals surface area contributed by atoms with Crippen molar-refractivity contribution in [2.75, 3.05) is 13.1 Å². The maximum absolute atomic E-state index is 12.3. The third-order valence-electron chi connectivity index (χ3n) is 5.37. The molecule has 2 aliphatic rings. The summed E-state index contributed by atoms with van der Waals surface area (Å²) in [6.07, 6.45) is 4.74. The molecule has 1 N–H and O–H groups in total. The van der Waals surface area contributed by atoms with Crippen LogP contribution in [-0.4, -0.2) is 35.0 Å². The van der Waals surface area contributed by atoms with Crippen LogP contribution in [0.2, 0.25) is 5.02 Å². The van der Waals surface area contributed by atoms with Crippen molar-refractivity contribution in [1.29, 1.82) is 0 Å². The van der Waals surface area contributed by atoms with Gasteiger partial charge in [-0.2, -0.15) is 0 Å². The Labute approximate surface area is 141 Å². The van der Waals surface area contributed by atoms with Crippen molar-refractivity contribution in [1.82, 2.24) is 4.90 Å². The number of carboxylic acids is 1. The Hall–Kier alpha value is -1.55. The lowest BCUT2D eigenvalue weighted by atomic mass is 9.90. The summed E-state index contributed by atoms with van der Waals surface area (Å²) >= 11 is 5.86. The number of halogens is 1. The molecule has 1 spiro atoms. The number of nitrogens with zero attached hydrogens (tertiary/aromatic N) is 1. The molecule has 1 heterocycles. The van der Waals surface area contributed by atoms with E-state index in [9.17, 15) is 9.59 Å². The molecule has 0 radical (unpaired) electrons. The number of hydrogen-bond donors (Lipinski definition) is 1. The number of benzene rings is 1. The molecule has 5 heteroatoms. The third kappa shape index (κ3) is 3.69. The van der Waals surface area contributed by atoms with Gasteiger partial charge in [-0.3, -0.25) is 9.59 Å². The van der Waals surface area contributed by atoms with E-state index in [0.29, 0.717) is 19.5 Å². The predicted octanol–water partition coefficient (Wildman–Crippen LogP) is 3.38. The molecule has 1 atom stereocenters. The number of hydrogen-bond acceptors (Lipinski definition) is 2. The van der Waals surface area contributed by atoms with E-state index in [2.05, 4.69) is 0 Å². The van der Waals surface area contributed by atoms with Gasteiger partial charge in [0.05, 0.1) is 5.92 Å². The molecule has 1 saturated carbocycles. The van der Waals surface area contributed by atoms with Gasteiger partial charge in [-0.25, -0.2) is 0 Å². The number of carbonyl (C=O) groups excluding carboxylic acids is 1. The smallest absolute Gasteiger partial charge is 0.307 e. The van der Waals surface area contributed by atoms with Crippen molar-refractivity contribution in [2.24, 2.45) is 11.3 Å². The third-order valence-corrected chi connectivity index (χ3v) is 5.62. The van der Waals surface area contributed by atoms with Crippen molar-refractivity contribution in [3.05, 3.63) is 34.9 Å². The van der Waals surface area contributed by atoms with E-state index in [1.807, 2.05) is 29.2 Å². The Morgan fingerprint density at radius 2 is 1.87 bits per heavy atom. The number of piperidine rings is 1. The minimum Gasteiger partial charge on any atom is -0.481 e. The molecule has 1 aliphatic carbocycles. The number of aliphatic carboxylic acids is 1. The highest BCUT2D eigenvalue weighted by Gasteiger charge is 2.59. The first kappa shape index (κ1) is 16.3. The van der Waals surface area contributed by atoms with Crippen LogP contribution in [0.4, 0.5) is 0 Å². The Kier molecular flexibility index (Phi) is 4.62. The molecule has 1 aliphatic heterocycles. The van der Waals surface area contributed by atoms with E-state index in [-0.39, 0.29) is 17.2 Å². The number of carboxylic acid groups (broad SMARTS) is 1. The fourth-order valence-electron chi connectivity index (χ4n) is 3.70. The molecule has 124 valence electrons. The monoisotopic (exact) mass is 335 g/mol. The van der Waals surface area contributed by atoms with Gasteiger partial charge in [-0.15, -0.1) is 0 Å². The predicted molar refractivity (Wildman–Crippen MR) is 88.4 cm³/mol. The van der Waals surface area contributed by atoms with Crippen molar-refractivity contribution < 1.29 is 14.7 Å². The van der Waals surface area contributed by atoms with Gasteiger partial charge < -0.3 is 10.0 Å². The van der Waals surface area contributed by atoms with Crippen molar-refractivity contribution >= 4 is 23.5 Å². The highest BCUT2D eigenvalue weighted by atomic mass is 35.5. The average Bonchev–Trinajstić information content (AvgIpc) is 3.24. The van der Waals surface area contributed by atoms with E-state index in [1.165, 1.54) is 5.56 Å². The molecular formula is C18H22ClNO3. The first-order valence-corrected chi connectivity index (χ1v) is 8.63. The molecule has 1 aromatic carbocycles. The summed E-state index contributed by atoms with van der Waals surface area (Å²) in [7, 11) is 0. The summed E-state index contributed by atoms with van der Waals surface area (Å²) in [5.74, 6) is -0.654. The molecule has 1 amide bonds. The fourth-order valence-corrected chi connectivity index (χ4v) is 3.83. The minimum absolute atomic E-state index is 0.00802. The van der Waals surface area contributed by atoms with Crippen molar-refractivity contribution in [3.63, 3.8) is 0 Å². The van der Waals surface area contributed by atoms with Crippen molar-refractivity contribution in [2.45, 2.75) is 38.5 Å². The second-order valence-electron chi connectivity index (χ2n) is 6.82. The van der Waals surface area contributed by atoms with Crippen molar-refractivity contribution in [3.8, 4) is 0 Å². The lowest BCUT2D eigenvalue weighted by Gasteiger charge is -2.32.